The van der Waals surface area contributed by atoms with Crippen molar-refractivity contribution in [1.29, 1.82) is 0 Å². The van der Waals surface area contributed by atoms with Crippen molar-refractivity contribution in [2.75, 3.05) is 85.7 Å². The molecule has 7 nitrogen and oxygen atoms in total. The highest BCUT2D eigenvalue weighted by molar-refractivity contribution is 5.79. The zero-order chi connectivity index (χ0) is 20.4. The molecule has 0 aliphatic carbocycles. The van der Waals surface area contributed by atoms with Crippen molar-refractivity contribution >= 4 is 5.96 Å². The Balaban J connectivity index is 1.52. The van der Waals surface area contributed by atoms with Gasteiger partial charge in [-0.2, -0.15) is 0 Å². The fourth-order valence-corrected chi connectivity index (χ4v) is 4.88. The second-order valence-electron chi connectivity index (χ2n) is 9.00. The van der Waals surface area contributed by atoms with E-state index in [-0.39, 0.29) is 5.54 Å². The van der Waals surface area contributed by atoms with Gasteiger partial charge in [0.2, 0.25) is 0 Å². The first kappa shape index (κ1) is 22.8. The van der Waals surface area contributed by atoms with E-state index in [0.29, 0.717) is 0 Å². The monoisotopic (exact) mass is 408 g/mol. The quantitative estimate of drug-likeness (QED) is 0.358. The number of piperidine rings is 2. The van der Waals surface area contributed by atoms with Gasteiger partial charge in [-0.15, -0.1) is 0 Å². The summed E-state index contributed by atoms with van der Waals surface area (Å²) >= 11 is 0. The molecule has 3 saturated heterocycles. The summed E-state index contributed by atoms with van der Waals surface area (Å²) in [6, 6.07) is 0. The Bertz CT molecular complexity index is 480. The molecule has 3 aliphatic heterocycles. The number of morpholine rings is 1. The van der Waals surface area contributed by atoms with Gasteiger partial charge in [-0.1, -0.05) is 6.42 Å². The molecule has 0 radical (unpaired) electrons. The van der Waals surface area contributed by atoms with Crippen LogP contribution in [0.3, 0.4) is 0 Å². The van der Waals surface area contributed by atoms with Crippen molar-refractivity contribution in [2.24, 2.45) is 4.99 Å². The summed E-state index contributed by atoms with van der Waals surface area (Å²) in [5.74, 6) is 0.991. The van der Waals surface area contributed by atoms with Crippen molar-refractivity contribution < 1.29 is 4.74 Å². The van der Waals surface area contributed by atoms with Crippen LogP contribution in [0, 0.1) is 0 Å². The highest BCUT2D eigenvalue weighted by atomic mass is 16.5. The van der Waals surface area contributed by atoms with Gasteiger partial charge in [0.1, 0.15) is 0 Å². The molecule has 0 atom stereocenters. The van der Waals surface area contributed by atoms with Crippen LogP contribution in [-0.2, 0) is 4.74 Å². The third-order valence-corrected chi connectivity index (χ3v) is 6.87. The van der Waals surface area contributed by atoms with E-state index >= 15 is 0 Å². The normalized spacial score (nSPS) is 25.1. The van der Waals surface area contributed by atoms with E-state index in [1.807, 2.05) is 0 Å². The summed E-state index contributed by atoms with van der Waals surface area (Å²) in [6.45, 7) is 14.9. The molecular weight excluding hydrogens is 364 g/mol. The van der Waals surface area contributed by atoms with Gasteiger partial charge in [0.25, 0.3) is 0 Å². The van der Waals surface area contributed by atoms with Crippen LogP contribution in [0.1, 0.15) is 45.4 Å². The minimum atomic E-state index is 0.253. The lowest BCUT2D eigenvalue weighted by Gasteiger charge is -2.49. The second-order valence-corrected chi connectivity index (χ2v) is 9.00. The molecule has 0 unspecified atom stereocenters. The lowest BCUT2D eigenvalue weighted by atomic mass is 9.84. The summed E-state index contributed by atoms with van der Waals surface area (Å²) in [7, 11) is 2.25. The maximum Gasteiger partial charge on any atom is 0.191 e. The minimum absolute atomic E-state index is 0.253. The van der Waals surface area contributed by atoms with E-state index in [4.69, 9.17) is 9.73 Å². The Labute approximate surface area is 178 Å². The Morgan fingerprint density at radius 1 is 0.966 bits per heavy atom. The van der Waals surface area contributed by atoms with Crippen molar-refractivity contribution in [1.82, 2.24) is 25.3 Å². The number of aliphatic imine (C=N–C) groups is 1. The maximum absolute atomic E-state index is 5.44. The third-order valence-electron chi connectivity index (χ3n) is 6.87. The smallest absolute Gasteiger partial charge is 0.191 e. The number of rotatable bonds is 8. The Kier molecular flexibility index (Phi) is 9.49. The first-order chi connectivity index (χ1) is 14.2. The van der Waals surface area contributed by atoms with E-state index in [1.165, 1.54) is 58.3 Å². The van der Waals surface area contributed by atoms with Crippen LogP contribution >= 0.6 is 0 Å². The summed E-state index contributed by atoms with van der Waals surface area (Å²) in [5, 5.41) is 7.05. The second kappa shape index (κ2) is 12.1. The van der Waals surface area contributed by atoms with E-state index in [1.54, 1.807) is 0 Å². The summed E-state index contributed by atoms with van der Waals surface area (Å²) in [6.07, 6.45) is 7.71. The van der Waals surface area contributed by atoms with Crippen molar-refractivity contribution in [3.8, 4) is 0 Å². The molecule has 3 fully saturated rings. The van der Waals surface area contributed by atoms with E-state index in [2.05, 4.69) is 39.3 Å². The van der Waals surface area contributed by atoms with E-state index < -0.39 is 0 Å². The molecule has 29 heavy (non-hydrogen) atoms. The Hall–Kier alpha value is -0.890. The molecule has 0 spiro atoms. The van der Waals surface area contributed by atoms with Crippen LogP contribution in [-0.4, -0.2) is 112 Å². The molecule has 0 amide bonds. The average molecular weight is 409 g/mol. The standard InChI is InChI=1S/C22H44N6O/c1-3-23-21(24-10-7-11-27-16-18-29-19-17-27)25-20-22(8-14-26(2)15-9-22)28-12-5-4-6-13-28/h3-20H2,1-2H3,(H2,23,24,25). The third kappa shape index (κ3) is 7.09. The highest BCUT2D eigenvalue weighted by Crippen LogP contribution is 2.31. The van der Waals surface area contributed by atoms with Gasteiger partial charge in [-0.05, 0) is 78.8 Å². The number of hydrogen-bond acceptors (Lipinski definition) is 5. The zero-order valence-corrected chi connectivity index (χ0v) is 18.9. The topological polar surface area (TPSA) is 55.4 Å². The van der Waals surface area contributed by atoms with Crippen molar-refractivity contribution in [3.63, 3.8) is 0 Å². The van der Waals surface area contributed by atoms with Crippen LogP contribution in [0.2, 0.25) is 0 Å². The predicted molar refractivity (Wildman–Crippen MR) is 121 cm³/mol. The first-order valence-electron chi connectivity index (χ1n) is 12.0. The molecule has 3 aliphatic rings. The largest absolute Gasteiger partial charge is 0.379 e. The zero-order valence-electron chi connectivity index (χ0n) is 18.9. The molecule has 0 aromatic carbocycles. The van der Waals surface area contributed by atoms with E-state index in [9.17, 15) is 0 Å². The van der Waals surface area contributed by atoms with E-state index in [0.717, 1.165) is 64.9 Å². The molecule has 3 rings (SSSR count). The number of guanidine groups is 1. The SMILES string of the molecule is CCNC(=NCC1(N2CCCCC2)CCN(C)CC1)NCCCN1CCOCC1. The van der Waals surface area contributed by atoms with Gasteiger partial charge in [0, 0.05) is 31.7 Å². The molecule has 2 N–H and O–H groups in total. The number of nitrogens with zero attached hydrogens (tertiary/aromatic N) is 4. The fourth-order valence-electron chi connectivity index (χ4n) is 4.88. The molecule has 7 heteroatoms. The van der Waals surface area contributed by atoms with Gasteiger partial charge in [0.15, 0.2) is 5.96 Å². The number of hydrogen-bond donors (Lipinski definition) is 2. The molecule has 3 heterocycles. The van der Waals surface area contributed by atoms with Gasteiger partial charge in [0.05, 0.1) is 19.8 Å². The number of ether oxygens (including phenoxy) is 1. The van der Waals surface area contributed by atoms with Crippen molar-refractivity contribution in [3.05, 3.63) is 0 Å². The maximum atomic E-state index is 5.44. The predicted octanol–water partition coefficient (Wildman–Crippen LogP) is 1.21. The first-order valence-corrected chi connectivity index (χ1v) is 12.0. The molecule has 0 aromatic rings. The fraction of sp³-hybridized carbons (Fsp3) is 0.955. The van der Waals surface area contributed by atoms with Gasteiger partial charge in [-0.3, -0.25) is 14.8 Å². The lowest BCUT2D eigenvalue weighted by Crippen LogP contribution is -2.58. The van der Waals surface area contributed by atoms with Crippen LogP contribution in [0.5, 0.6) is 0 Å². The summed E-state index contributed by atoms with van der Waals surface area (Å²) < 4.78 is 5.44. The Morgan fingerprint density at radius 2 is 1.69 bits per heavy atom. The highest BCUT2D eigenvalue weighted by Gasteiger charge is 2.39. The number of nitrogens with one attached hydrogen (secondary N) is 2. The van der Waals surface area contributed by atoms with Crippen LogP contribution < -0.4 is 10.6 Å². The minimum Gasteiger partial charge on any atom is -0.379 e. The molecule has 0 bridgehead atoms. The van der Waals surface area contributed by atoms with Crippen LogP contribution in [0.25, 0.3) is 0 Å². The van der Waals surface area contributed by atoms with Gasteiger partial charge < -0.3 is 20.3 Å². The van der Waals surface area contributed by atoms with Crippen molar-refractivity contribution in [2.45, 2.75) is 51.0 Å². The number of likely N-dealkylation sites (tertiary alicyclic amines) is 2. The van der Waals surface area contributed by atoms with Crippen LogP contribution in [0.4, 0.5) is 0 Å². The van der Waals surface area contributed by atoms with Gasteiger partial charge >= 0.3 is 0 Å². The lowest BCUT2D eigenvalue weighted by molar-refractivity contribution is 0.0208. The molecule has 0 saturated carbocycles. The average Bonchev–Trinajstić information content (AvgIpc) is 2.77. The molecule has 168 valence electrons. The summed E-state index contributed by atoms with van der Waals surface area (Å²) in [4.78, 5) is 12.8. The summed E-state index contributed by atoms with van der Waals surface area (Å²) in [5.41, 5.74) is 0.253. The van der Waals surface area contributed by atoms with Gasteiger partial charge in [-0.25, -0.2) is 0 Å². The molecular formula is C22H44N6O. The van der Waals surface area contributed by atoms with Crippen LogP contribution in [0.15, 0.2) is 4.99 Å². The Morgan fingerprint density at radius 3 is 2.38 bits per heavy atom. The molecule has 0 aromatic heterocycles.